The summed E-state index contributed by atoms with van der Waals surface area (Å²) in [5.41, 5.74) is -6.96. The van der Waals surface area contributed by atoms with E-state index < -0.39 is 62.3 Å². The third-order valence-corrected chi connectivity index (χ3v) is 4.31. The fourth-order valence-corrected chi connectivity index (χ4v) is 2.74. The van der Waals surface area contributed by atoms with Gasteiger partial charge in [-0.05, 0) is 36.4 Å². The van der Waals surface area contributed by atoms with Gasteiger partial charge >= 0.3 is 24.2 Å². The molecule has 0 amide bonds. The third-order valence-electron chi connectivity index (χ3n) is 3.84. The molecule has 0 saturated carbocycles. The Balaban J connectivity index is 2.79. The molecule has 2 aromatic rings. The molecule has 0 N–H and O–H groups in total. The molecule has 164 valence electrons. The van der Waals surface area contributed by atoms with Gasteiger partial charge in [-0.3, -0.25) is 4.79 Å². The second-order valence-corrected chi connectivity index (χ2v) is 6.73. The first-order valence-electron chi connectivity index (χ1n) is 7.45. The van der Waals surface area contributed by atoms with Crippen LogP contribution in [0, 0.1) is 0 Å². The van der Waals surface area contributed by atoms with Crippen LogP contribution in [0.15, 0.2) is 36.4 Å². The number of carbonyl (C=O) groups is 1. The molecule has 0 radical (unpaired) electrons. The minimum Gasteiger partial charge on any atom is -0.289 e. The first kappa shape index (κ1) is 24.3. The monoisotopic (exact) mass is 486 g/mol. The van der Waals surface area contributed by atoms with Crippen LogP contribution < -0.4 is 0 Å². The van der Waals surface area contributed by atoms with Gasteiger partial charge in [0.2, 0.25) is 0 Å². The quantitative estimate of drug-likeness (QED) is 0.322. The van der Waals surface area contributed by atoms with Gasteiger partial charge in [0.15, 0.2) is 5.78 Å². The molecule has 2 aromatic carbocycles. The lowest BCUT2D eigenvalue weighted by atomic mass is 9.90. The van der Waals surface area contributed by atoms with Gasteiger partial charge < -0.3 is 0 Å². The summed E-state index contributed by atoms with van der Waals surface area (Å²) in [5.74, 6) is -13.3. The van der Waals surface area contributed by atoms with Crippen molar-refractivity contribution in [3.05, 3.63) is 68.7 Å². The molecule has 13 heteroatoms. The van der Waals surface area contributed by atoms with Crippen molar-refractivity contribution < 1.29 is 48.7 Å². The number of carbonyl (C=O) groups excluding carboxylic acids is 1. The van der Waals surface area contributed by atoms with Crippen molar-refractivity contribution in [2.24, 2.45) is 0 Å². The molecule has 1 nitrogen and oxygen atoms in total. The number of ketones is 1. The molecular formula is C17H6Cl2F10O. The lowest BCUT2D eigenvalue weighted by Gasteiger charge is -2.24. The molecular weight excluding hydrogens is 481 g/mol. The van der Waals surface area contributed by atoms with E-state index in [4.69, 9.17) is 23.2 Å². The second-order valence-electron chi connectivity index (χ2n) is 5.85. The van der Waals surface area contributed by atoms with Gasteiger partial charge in [0.05, 0.1) is 0 Å². The van der Waals surface area contributed by atoms with Gasteiger partial charge in [0.25, 0.3) is 0 Å². The van der Waals surface area contributed by atoms with E-state index >= 15 is 0 Å². The number of benzene rings is 2. The molecule has 0 bridgehead atoms. The molecule has 0 heterocycles. The Morgan fingerprint density at radius 2 is 0.900 bits per heavy atom. The number of hydrogen-bond acceptors (Lipinski definition) is 1. The fourth-order valence-electron chi connectivity index (χ4n) is 2.40. The summed E-state index contributed by atoms with van der Waals surface area (Å²) in [4.78, 5) is 12.6. The molecule has 0 spiro atoms. The van der Waals surface area contributed by atoms with Crippen LogP contribution >= 0.6 is 23.2 Å². The average molecular weight is 487 g/mol. The summed E-state index contributed by atoms with van der Waals surface area (Å²) >= 11 is 10.8. The fraction of sp³-hybridized carbons (Fsp3) is 0.235. The molecule has 0 aliphatic rings. The van der Waals surface area contributed by atoms with Crippen molar-refractivity contribution in [1.29, 1.82) is 0 Å². The zero-order valence-corrected chi connectivity index (χ0v) is 15.4. The van der Waals surface area contributed by atoms with Crippen LogP contribution in [0.25, 0.3) is 0 Å². The molecule has 0 atom stereocenters. The van der Waals surface area contributed by atoms with Crippen molar-refractivity contribution in [1.82, 2.24) is 0 Å². The third kappa shape index (κ3) is 4.22. The predicted molar refractivity (Wildman–Crippen MR) is 86.2 cm³/mol. The normalized spacial score (nSPS) is 13.5. The molecule has 0 saturated heterocycles. The van der Waals surface area contributed by atoms with Crippen LogP contribution in [0.3, 0.4) is 0 Å². The number of halogens is 12. The van der Waals surface area contributed by atoms with Gasteiger partial charge in [-0.25, -0.2) is 0 Å². The maximum atomic E-state index is 13.9. The Labute approximate surface area is 171 Å². The summed E-state index contributed by atoms with van der Waals surface area (Å²) < 4.78 is 132. The SMILES string of the molecule is O=C(c1ccc(Cl)cc1C(F)(F)C(F)(F)F)c1ccc(Cl)cc1C(F)(F)C(F)(F)F. The highest BCUT2D eigenvalue weighted by atomic mass is 35.5. The van der Waals surface area contributed by atoms with E-state index in [9.17, 15) is 48.7 Å². The van der Waals surface area contributed by atoms with Gasteiger partial charge in [-0.1, -0.05) is 23.2 Å². The highest BCUT2D eigenvalue weighted by Crippen LogP contribution is 2.48. The van der Waals surface area contributed by atoms with Crippen LogP contribution in [0.2, 0.25) is 10.0 Å². The summed E-state index contributed by atoms with van der Waals surface area (Å²) in [6.45, 7) is 0. The highest BCUT2D eigenvalue weighted by molar-refractivity contribution is 6.31. The lowest BCUT2D eigenvalue weighted by molar-refractivity contribution is -0.289. The largest absolute Gasteiger partial charge is 0.458 e. The Kier molecular flexibility index (Phi) is 6.14. The van der Waals surface area contributed by atoms with E-state index in [-0.39, 0.29) is 12.1 Å². The van der Waals surface area contributed by atoms with E-state index in [0.29, 0.717) is 24.3 Å². The van der Waals surface area contributed by atoms with Crippen LogP contribution in [-0.4, -0.2) is 18.1 Å². The van der Waals surface area contributed by atoms with Gasteiger partial charge in [-0.15, -0.1) is 0 Å². The first-order chi connectivity index (χ1) is 13.4. The van der Waals surface area contributed by atoms with Crippen LogP contribution in [0.5, 0.6) is 0 Å². The van der Waals surface area contributed by atoms with E-state index in [1.165, 1.54) is 0 Å². The van der Waals surface area contributed by atoms with Crippen molar-refractivity contribution in [2.75, 3.05) is 0 Å². The molecule has 30 heavy (non-hydrogen) atoms. The molecule has 0 aliphatic heterocycles. The smallest absolute Gasteiger partial charge is 0.289 e. The summed E-state index contributed by atoms with van der Waals surface area (Å²) in [6.07, 6.45) is -12.4. The topological polar surface area (TPSA) is 17.1 Å². The van der Waals surface area contributed by atoms with Crippen LogP contribution in [0.1, 0.15) is 27.0 Å². The van der Waals surface area contributed by atoms with Crippen molar-refractivity contribution in [3.63, 3.8) is 0 Å². The highest BCUT2D eigenvalue weighted by Gasteiger charge is 2.61. The average Bonchev–Trinajstić information content (AvgIpc) is 2.59. The molecule has 0 aliphatic carbocycles. The van der Waals surface area contributed by atoms with Crippen molar-refractivity contribution in [2.45, 2.75) is 24.2 Å². The molecule has 0 aromatic heterocycles. The summed E-state index contributed by atoms with van der Waals surface area (Å²) in [5, 5.41) is -1.33. The van der Waals surface area contributed by atoms with E-state index in [2.05, 4.69) is 0 Å². The maximum Gasteiger partial charge on any atom is 0.458 e. The van der Waals surface area contributed by atoms with E-state index in [1.807, 2.05) is 0 Å². The Bertz CT molecular complexity index is 902. The maximum absolute atomic E-state index is 13.9. The molecule has 0 fully saturated rings. The molecule has 0 unspecified atom stereocenters. The predicted octanol–water partition coefficient (Wildman–Crippen LogP) is 7.53. The zero-order valence-electron chi connectivity index (χ0n) is 13.9. The van der Waals surface area contributed by atoms with Gasteiger partial charge in [-0.2, -0.15) is 43.9 Å². The van der Waals surface area contributed by atoms with E-state index in [0.717, 1.165) is 0 Å². The Morgan fingerprint density at radius 1 is 0.600 bits per heavy atom. The van der Waals surface area contributed by atoms with Crippen molar-refractivity contribution in [3.8, 4) is 0 Å². The van der Waals surface area contributed by atoms with Gasteiger partial charge in [0, 0.05) is 32.3 Å². The number of hydrogen-bond donors (Lipinski definition) is 0. The Morgan fingerprint density at radius 3 is 1.17 bits per heavy atom. The first-order valence-corrected chi connectivity index (χ1v) is 8.20. The van der Waals surface area contributed by atoms with Crippen LogP contribution in [-0.2, 0) is 11.8 Å². The van der Waals surface area contributed by atoms with Crippen molar-refractivity contribution >= 4 is 29.0 Å². The number of alkyl halides is 10. The second kappa shape index (κ2) is 7.60. The zero-order chi connectivity index (χ0) is 23.3. The van der Waals surface area contributed by atoms with Crippen LogP contribution in [0.4, 0.5) is 43.9 Å². The van der Waals surface area contributed by atoms with E-state index in [1.54, 1.807) is 0 Å². The number of rotatable bonds is 4. The standard InChI is InChI=1S/C17H6Cl2F10O/c18-7-1-3-9(11(5-7)14(20,21)16(24,25)26)13(30)10-4-2-8(19)6-12(10)15(22,23)17(27,28)29/h1-6H. The minimum atomic E-state index is -6.22. The minimum absolute atomic E-state index is 0.0692. The Hall–Kier alpha value is -2.01. The lowest BCUT2D eigenvalue weighted by Crippen LogP contribution is -2.36. The summed E-state index contributed by atoms with van der Waals surface area (Å²) in [6, 6.07) is 2.26. The van der Waals surface area contributed by atoms with Gasteiger partial charge in [0.1, 0.15) is 0 Å². The summed E-state index contributed by atoms with van der Waals surface area (Å²) in [7, 11) is 0. The molecule has 2 rings (SSSR count).